The van der Waals surface area contributed by atoms with Crippen LogP contribution in [0.3, 0.4) is 0 Å². The number of carbonyl (C=O) groups is 2. The predicted octanol–water partition coefficient (Wildman–Crippen LogP) is 3.14. The van der Waals surface area contributed by atoms with Gasteiger partial charge in [0.15, 0.2) is 5.78 Å². The number of hydrogen-bond donors (Lipinski definition) is 1. The van der Waals surface area contributed by atoms with Gasteiger partial charge in [-0.15, -0.1) is 0 Å². The Morgan fingerprint density at radius 1 is 1.40 bits per heavy atom. The van der Waals surface area contributed by atoms with E-state index in [1.807, 2.05) is 0 Å². The third-order valence-electron chi connectivity index (χ3n) is 3.38. The third-order valence-corrected chi connectivity index (χ3v) is 4.15. The molecule has 0 radical (unpaired) electrons. The van der Waals surface area contributed by atoms with Crippen LogP contribution in [0.5, 0.6) is 0 Å². The van der Waals surface area contributed by atoms with Crippen LogP contribution in [0.1, 0.15) is 41.3 Å². The Hall–Kier alpha value is -1.76. The molecule has 6 nitrogen and oxygen atoms in total. The summed E-state index contributed by atoms with van der Waals surface area (Å²) in [5.74, 6) is -0.460. The number of nitrogens with one attached hydrogen (secondary N) is 1. The summed E-state index contributed by atoms with van der Waals surface area (Å²) in [5, 5.41) is 13.8. The molecule has 0 saturated heterocycles. The van der Waals surface area contributed by atoms with Crippen LogP contribution in [0.4, 0.5) is 11.4 Å². The Labute approximate surface area is 123 Å². The number of Topliss-reactive ketones (excluding diaryl/α,β-unsaturated/α-hetero) is 1. The molecular weight excluding hydrogens is 328 g/mol. The fraction of sp³-hybridized carbons (Fsp3) is 0.385. The number of carbonyl (C=O) groups excluding carboxylic acids is 2. The maximum Gasteiger partial charge on any atom is 0.288 e. The second kappa shape index (κ2) is 5.32. The molecule has 0 heterocycles. The highest BCUT2D eigenvalue weighted by molar-refractivity contribution is 9.10. The summed E-state index contributed by atoms with van der Waals surface area (Å²) in [6, 6.07) is 0. The molecular formula is C13H13BrN2O4. The normalized spacial score (nSPS) is 13.8. The van der Waals surface area contributed by atoms with Crippen molar-refractivity contribution in [3.05, 3.63) is 31.3 Å². The van der Waals surface area contributed by atoms with E-state index in [0.29, 0.717) is 36.0 Å². The van der Waals surface area contributed by atoms with Gasteiger partial charge in [0.2, 0.25) is 5.91 Å². The van der Waals surface area contributed by atoms with Gasteiger partial charge < -0.3 is 5.32 Å². The molecule has 0 aromatic heterocycles. The average Bonchev–Trinajstić information content (AvgIpc) is 2.34. The number of nitro groups is 1. The molecule has 0 spiro atoms. The van der Waals surface area contributed by atoms with E-state index in [9.17, 15) is 19.7 Å². The van der Waals surface area contributed by atoms with Crippen molar-refractivity contribution in [2.24, 2.45) is 0 Å². The van der Waals surface area contributed by atoms with Crippen molar-refractivity contribution in [3.8, 4) is 0 Å². The Morgan fingerprint density at radius 3 is 2.60 bits per heavy atom. The van der Waals surface area contributed by atoms with Crippen LogP contribution < -0.4 is 5.32 Å². The monoisotopic (exact) mass is 340 g/mol. The number of nitro benzene ring substituents is 1. The lowest BCUT2D eigenvalue weighted by atomic mass is 9.85. The quantitative estimate of drug-likeness (QED) is 0.661. The number of ketones is 1. The molecule has 1 aliphatic carbocycles. The van der Waals surface area contributed by atoms with Crippen LogP contribution in [0, 0.1) is 17.0 Å². The van der Waals surface area contributed by atoms with Crippen LogP contribution in [0.15, 0.2) is 4.47 Å². The van der Waals surface area contributed by atoms with E-state index in [2.05, 4.69) is 21.2 Å². The van der Waals surface area contributed by atoms with Crippen molar-refractivity contribution < 1.29 is 14.5 Å². The van der Waals surface area contributed by atoms with E-state index in [1.165, 1.54) is 6.92 Å². The summed E-state index contributed by atoms with van der Waals surface area (Å²) in [4.78, 5) is 34.2. The number of rotatable bonds is 2. The molecule has 2 rings (SSSR count). The van der Waals surface area contributed by atoms with Crippen LogP contribution in [0.25, 0.3) is 0 Å². The number of halogens is 1. The minimum absolute atomic E-state index is 0.0892. The molecule has 0 saturated carbocycles. The van der Waals surface area contributed by atoms with E-state index >= 15 is 0 Å². The summed E-state index contributed by atoms with van der Waals surface area (Å²) < 4.78 is 0.157. The molecule has 1 amide bonds. The molecule has 1 N–H and O–H groups in total. The Balaban J connectivity index is 2.83. The van der Waals surface area contributed by atoms with Crippen LogP contribution in [-0.2, 0) is 11.2 Å². The van der Waals surface area contributed by atoms with Gasteiger partial charge in [-0.05, 0) is 41.3 Å². The van der Waals surface area contributed by atoms with Gasteiger partial charge in [0.25, 0.3) is 5.69 Å². The molecule has 0 atom stereocenters. The minimum Gasteiger partial charge on any atom is -0.324 e. The molecule has 0 bridgehead atoms. The largest absolute Gasteiger partial charge is 0.324 e. The zero-order valence-electron chi connectivity index (χ0n) is 11.1. The molecule has 1 aromatic rings. The SMILES string of the molecule is CC(=O)Nc1c(Br)c([N+](=O)[O-])c(C)c2c1C(=O)CCC2. The van der Waals surface area contributed by atoms with E-state index in [4.69, 9.17) is 0 Å². The van der Waals surface area contributed by atoms with Crippen LogP contribution in [-0.4, -0.2) is 16.6 Å². The van der Waals surface area contributed by atoms with Gasteiger partial charge >= 0.3 is 0 Å². The maximum atomic E-state index is 12.1. The molecule has 106 valence electrons. The molecule has 0 unspecified atom stereocenters. The first-order valence-electron chi connectivity index (χ1n) is 6.14. The van der Waals surface area contributed by atoms with E-state index in [0.717, 1.165) is 0 Å². The number of hydrogen-bond acceptors (Lipinski definition) is 4. The van der Waals surface area contributed by atoms with Crippen molar-refractivity contribution in [1.29, 1.82) is 0 Å². The first-order valence-corrected chi connectivity index (χ1v) is 6.94. The highest BCUT2D eigenvalue weighted by atomic mass is 79.9. The molecule has 1 aliphatic rings. The average molecular weight is 341 g/mol. The number of nitrogens with zero attached hydrogens (tertiary/aromatic N) is 1. The van der Waals surface area contributed by atoms with E-state index in [1.54, 1.807) is 6.92 Å². The van der Waals surface area contributed by atoms with E-state index in [-0.39, 0.29) is 27.5 Å². The summed E-state index contributed by atoms with van der Waals surface area (Å²) in [6.45, 7) is 2.94. The fourth-order valence-electron chi connectivity index (χ4n) is 2.56. The molecule has 20 heavy (non-hydrogen) atoms. The third kappa shape index (κ3) is 2.33. The van der Waals surface area contributed by atoms with Gasteiger partial charge in [0.05, 0.1) is 10.6 Å². The summed E-state index contributed by atoms with van der Waals surface area (Å²) in [7, 11) is 0. The van der Waals surface area contributed by atoms with Crippen molar-refractivity contribution >= 4 is 39.0 Å². The van der Waals surface area contributed by atoms with Gasteiger partial charge in [-0.2, -0.15) is 0 Å². The van der Waals surface area contributed by atoms with Gasteiger partial charge in [-0.1, -0.05) is 0 Å². The number of benzene rings is 1. The highest BCUT2D eigenvalue weighted by Crippen LogP contribution is 2.43. The Bertz CT molecular complexity index is 640. The van der Waals surface area contributed by atoms with Crippen LogP contribution >= 0.6 is 15.9 Å². The summed E-state index contributed by atoms with van der Waals surface area (Å²) in [6.07, 6.45) is 1.67. The van der Waals surface area contributed by atoms with Crippen molar-refractivity contribution in [2.45, 2.75) is 33.1 Å². The van der Waals surface area contributed by atoms with Crippen molar-refractivity contribution in [1.82, 2.24) is 0 Å². The standard InChI is InChI=1S/C13H13BrN2O4/c1-6-8-4-3-5-9(18)10(8)12(15-7(2)17)11(14)13(6)16(19)20/h3-5H2,1-2H3,(H,15,17). The topological polar surface area (TPSA) is 89.3 Å². The smallest absolute Gasteiger partial charge is 0.288 e. The second-order valence-electron chi connectivity index (χ2n) is 4.73. The minimum atomic E-state index is -0.496. The van der Waals surface area contributed by atoms with E-state index < -0.39 is 4.92 Å². The van der Waals surface area contributed by atoms with Gasteiger partial charge in [0, 0.05) is 24.5 Å². The summed E-state index contributed by atoms with van der Waals surface area (Å²) in [5.41, 5.74) is 1.68. The number of anilines is 1. The maximum absolute atomic E-state index is 12.1. The second-order valence-corrected chi connectivity index (χ2v) is 5.52. The highest BCUT2D eigenvalue weighted by Gasteiger charge is 2.32. The lowest BCUT2D eigenvalue weighted by molar-refractivity contribution is -0.386. The number of fused-ring (bicyclic) bond motifs is 1. The van der Waals surface area contributed by atoms with Gasteiger partial charge in [-0.25, -0.2) is 0 Å². The lowest BCUT2D eigenvalue weighted by Gasteiger charge is -2.22. The van der Waals surface area contributed by atoms with Gasteiger partial charge in [-0.3, -0.25) is 19.7 Å². The zero-order valence-corrected chi connectivity index (χ0v) is 12.7. The summed E-state index contributed by atoms with van der Waals surface area (Å²) >= 11 is 3.16. The Kier molecular flexibility index (Phi) is 3.89. The van der Waals surface area contributed by atoms with Crippen molar-refractivity contribution in [2.75, 3.05) is 5.32 Å². The first-order chi connectivity index (χ1) is 9.34. The molecule has 0 fully saturated rings. The predicted molar refractivity (Wildman–Crippen MR) is 77.1 cm³/mol. The van der Waals surface area contributed by atoms with Crippen molar-refractivity contribution in [3.63, 3.8) is 0 Å². The molecule has 1 aromatic carbocycles. The zero-order chi connectivity index (χ0) is 15.0. The molecule has 0 aliphatic heterocycles. The van der Waals surface area contributed by atoms with Crippen LogP contribution in [0.2, 0.25) is 0 Å². The molecule has 7 heteroatoms. The first kappa shape index (κ1) is 14.6. The van der Waals surface area contributed by atoms with Gasteiger partial charge in [0.1, 0.15) is 4.47 Å². The Morgan fingerprint density at radius 2 is 2.05 bits per heavy atom. The number of amides is 1. The fourth-order valence-corrected chi connectivity index (χ4v) is 3.30. The lowest BCUT2D eigenvalue weighted by Crippen LogP contribution is -2.19.